The van der Waals surface area contributed by atoms with Gasteiger partial charge in [-0.3, -0.25) is 9.59 Å². The largest absolute Gasteiger partial charge is 0.348 e. The third kappa shape index (κ3) is 4.62. The van der Waals surface area contributed by atoms with Crippen LogP contribution >= 0.6 is 0 Å². The second kappa shape index (κ2) is 8.86. The first kappa shape index (κ1) is 20.5. The van der Waals surface area contributed by atoms with Gasteiger partial charge in [0.25, 0.3) is 5.91 Å². The summed E-state index contributed by atoms with van der Waals surface area (Å²) in [6, 6.07) is 18.7. The predicted molar refractivity (Wildman–Crippen MR) is 113 cm³/mol. The Hall–Kier alpha value is -3.21. The smallest absolute Gasteiger partial charge is 0.254 e. The van der Waals surface area contributed by atoms with E-state index in [4.69, 9.17) is 0 Å². The molecule has 0 radical (unpaired) electrons. The topological polar surface area (TPSA) is 58.2 Å². The number of fused-ring (bicyclic) bond motifs is 1. The van der Waals surface area contributed by atoms with Gasteiger partial charge < -0.3 is 10.6 Å². The summed E-state index contributed by atoms with van der Waals surface area (Å²) in [6.45, 7) is 5.60. The Balaban J connectivity index is 1.77. The molecule has 3 aromatic rings. The van der Waals surface area contributed by atoms with Crippen LogP contribution in [0.5, 0.6) is 0 Å². The Morgan fingerprint density at radius 3 is 2.21 bits per heavy atom. The standard InChI is InChI=1S/C24H25FN2O2/c1-15(2)22(27-23(28)20-12-6-7-14-21(20)25)24(29)26-16(3)18-13-8-10-17-9-4-5-11-19(17)18/h4-16,22H,1-3H3,(H,26,29)(H,27,28). The van der Waals surface area contributed by atoms with E-state index in [-0.39, 0.29) is 23.4 Å². The van der Waals surface area contributed by atoms with Crippen molar-refractivity contribution in [2.75, 3.05) is 0 Å². The quantitative estimate of drug-likeness (QED) is 0.644. The first-order valence-corrected chi connectivity index (χ1v) is 9.72. The average Bonchev–Trinajstić information content (AvgIpc) is 2.71. The zero-order valence-corrected chi connectivity index (χ0v) is 16.8. The molecule has 3 rings (SSSR count). The number of amides is 2. The fourth-order valence-corrected chi connectivity index (χ4v) is 3.41. The zero-order valence-electron chi connectivity index (χ0n) is 16.8. The van der Waals surface area contributed by atoms with Crippen LogP contribution in [0.4, 0.5) is 4.39 Å². The molecule has 0 saturated heterocycles. The zero-order chi connectivity index (χ0) is 21.0. The highest BCUT2D eigenvalue weighted by Crippen LogP contribution is 2.24. The number of hydrogen-bond acceptors (Lipinski definition) is 2. The van der Waals surface area contributed by atoms with E-state index in [1.807, 2.05) is 63.2 Å². The number of rotatable bonds is 6. The maximum absolute atomic E-state index is 13.9. The molecule has 2 N–H and O–H groups in total. The fraction of sp³-hybridized carbons (Fsp3) is 0.250. The molecule has 4 nitrogen and oxygen atoms in total. The van der Waals surface area contributed by atoms with Gasteiger partial charge in [-0.15, -0.1) is 0 Å². The molecule has 2 amide bonds. The molecule has 0 bridgehead atoms. The summed E-state index contributed by atoms with van der Waals surface area (Å²) >= 11 is 0. The van der Waals surface area contributed by atoms with Crippen molar-refractivity contribution in [3.8, 4) is 0 Å². The summed E-state index contributed by atoms with van der Waals surface area (Å²) in [4.78, 5) is 25.4. The molecule has 0 heterocycles. The Labute approximate surface area is 170 Å². The fourth-order valence-electron chi connectivity index (χ4n) is 3.41. The highest BCUT2D eigenvalue weighted by molar-refractivity contribution is 5.98. The minimum atomic E-state index is -0.778. The molecule has 0 aromatic heterocycles. The van der Waals surface area contributed by atoms with Crippen LogP contribution in [0.25, 0.3) is 10.8 Å². The Bertz CT molecular complexity index is 1030. The summed E-state index contributed by atoms with van der Waals surface area (Å²) in [5.41, 5.74) is 0.924. The highest BCUT2D eigenvalue weighted by atomic mass is 19.1. The van der Waals surface area contributed by atoms with Crippen LogP contribution in [0.15, 0.2) is 66.7 Å². The van der Waals surface area contributed by atoms with Crippen molar-refractivity contribution in [3.05, 3.63) is 83.7 Å². The molecule has 0 spiro atoms. The lowest BCUT2D eigenvalue weighted by atomic mass is 9.98. The molecule has 0 fully saturated rings. The summed E-state index contributed by atoms with van der Waals surface area (Å²) in [5, 5.41) is 7.84. The van der Waals surface area contributed by atoms with Gasteiger partial charge >= 0.3 is 0 Å². The first-order valence-electron chi connectivity index (χ1n) is 9.72. The van der Waals surface area contributed by atoms with Crippen LogP contribution < -0.4 is 10.6 Å². The third-order valence-corrected chi connectivity index (χ3v) is 5.00. The van der Waals surface area contributed by atoms with Gasteiger partial charge in [-0.1, -0.05) is 68.4 Å². The van der Waals surface area contributed by atoms with Crippen molar-refractivity contribution in [1.82, 2.24) is 10.6 Å². The van der Waals surface area contributed by atoms with Crippen molar-refractivity contribution < 1.29 is 14.0 Å². The number of hydrogen-bond donors (Lipinski definition) is 2. The van der Waals surface area contributed by atoms with Crippen LogP contribution in [0.2, 0.25) is 0 Å². The summed E-state index contributed by atoms with van der Waals surface area (Å²) in [6.07, 6.45) is 0. The Kier molecular flexibility index (Phi) is 6.27. The Morgan fingerprint density at radius 2 is 1.48 bits per heavy atom. The molecule has 0 saturated carbocycles. The van der Waals surface area contributed by atoms with E-state index in [2.05, 4.69) is 10.6 Å². The number of carbonyl (C=O) groups is 2. The number of carbonyl (C=O) groups excluding carboxylic acids is 2. The van der Waals surface area contributed by atoms with E-state index in [1.165, 1.54) is 18.2 Å². The van der Waals surface area contributed by atoms with E-state index in [0.717, 1.165) is 16.3 Å². The van der Waals surface area contributed by atoms with Crippen molar-refractivity contribution in [2.45, 2.75) is 32.9 Å². The lowest BCUT2D eigenvalue weighted by Crippen LogP contribution is -2.50. The maximum Gasteiger partial charge on any atom is 0.254 e. The van der Waals surface area contributed by atoms with Crippen molar-refractivity contribution in [2.24, 2.45) is 5.92 Å². The molecule has 0 aliphatic carbocycles. The van der Waals surface area contributed by atoms with Gasteiger partial charge in [-0.2, -0.15) is 0 Å². The molecule has 5 heteroatoms. The van der Waals surface area contributed by atoms with E-state index >= 15 is 0 Å². The SMILES string of the molecule is CC(NC(=O)C(NC(=O)c1ccccc1F)C(C)C)c1cccc2ccccc12. The number of halogens is 1. The molecular weight excluding hydrogens is 367 g/mol. The molecule has 2 atom stereocenters. The normalized spacial score (nSPS) is 13.1. The highest BCUT2D eigenvalue weighted by Gasteiger charge is 2.27. The number of benzene rings is 3. The van der Waals surface area contributed by atoms with Crippen LogP contribution in [-0.2, 0) is 4.79 Å². The maximum atomic E-state index is 13.9. The summed E-state index contributed by atoms with van der Waals surface area (Å²) in [5.74, 6) is -1.68. The van der Waals surface area contributed by atoms with Gasteiger partial charge in [0.05, 0.1) is 11.6 Å². The van der Waals surface area contributed by atoms with E-state index in [1.54, 1.807) is 6.07 Å². The van der Waals surface area contributed by atoms with Gasteiger partial charge in [-0.05, 0) is 41.3 Å². The lowest BCUT2D eigenvalue weighted by Gasteiger charge is -2.25. The van der Waals surface area contributed by atoms with Crippen molar-refractivity contribution in [3.63, 3.8) is 0 Å². The predicted octanol–water partition coefficient (Wildman–Crippen LogP) is 4.61. The first-order chi connectivity index (χ1) is 13.9. The third-order valence-electron chi connectivity index (χ3n) is 5.00. The van der Waals surface area contributed by atoms with Gasteiger partial charge in [0.2, 0.25) is 5.91 Å². The second-order valence-corrected chi connectivity index (χ2v) is 7.47. The molecule has 0 aliphatic heterocycles. The summed E-state index contributed by atoms with van der Waals surface area (Å²) < 4.78 is 13.9. The molecule has 2 unspecified atom stereocenters. The minimum absolute atomic E-state index is 0.0759. The molecule has 3 aromatic carbocycles. The molecule has 0 aliphatic rings. The Morgan fingerprint density at radius 1 is 0.828 bits per heavy atom. The second-order valence-electron chi connectivity index (χ2n) is 7.47. The monoisotopic (exact) mass is 392 g/mol. The van der Waals surface area contributed by atoms with Gasteiger partial charge in [-0.25, -0.2) is 4.39 Å². The molecular formula is C24H25FN2O2. The van der Waals surface area contributed by atoms with E-state index < -0.39 is 17.8 Å². The summed E-state index contributed by atoms with van der Waals surface area (Å²) in [7, 11) is 0. The van der Waals surface area contributed by atoms with Crippen molar-refractivity contribution in [1.29, 1.82) is 0 Å². The van der Waals surface area contributed by atoms with Crippen molar-refractivity contribution >= 4 is 22.6 Å². The van der Waals surface area contributed by atoms with Gasteiger partial charge in [0.1, 0.15) is 11.9 Å². The van der Waals surface area contributed by atoms with Crippen LogP contribution in [0.3, 0.4) is 0 Å². The number of nitrogens with one attached hydrogen (secondary N) is 2. The van der Waals surface area contributed by atoms with Gasteiger partial charge in [0, 0.05) is 0 Å². The molecule has 150 valence electrons. The minimum Gasteiger partial charge on any atom is -0.348 e. The molecule has 29 heavy (non-hydrogen) atoms. The van der Waals surface area contributed by atoms with Crippen LogP contribution in [0, 0.1) is 11.7 Å². The lowest BCUT2D eigenvalue weighted by molar-refractivity contribution is -0.124. The average molecular weight is 392 g/mol. The van der Waals surface area contributed by atoms with E-state index in [9.17, 15) is 14.0 Å². The van der Waals surface area contributed by atoms with Gasteiger partial charge in [0.15, 0.2) is 0 Å². The van der Waals surface area contributed by atoms with E-state index in [0.29, 0.717) is 0 Å². The van der Waals surface area contributed by atoms with Crippen LogP contribution in [-0.4, -0.2) is 17.9 Å². The van der Waals surface area contributed by atoms with Crippen LogP contribution in [0.1, 0.15) is 42.7 Å².